The molecule has 0 radical (unpaired) electrons. The minimum absolute atomic E-state index is 0.135. The number of ether oxygens (including phenoxy) is 2. The van der Waals surface area contributed by atoms with E-state index in [0.717, 1.165) is 15.6 Å². The third-order valence-corrected chi connectivity index (χ3v) is 7.57. The summed E-state index contributed by atoms with van der Waals surface area (Å²) < 4.78 is 13.7. The number of halogens is 2. The fourth-order valence-corrected chi connectivity index (χ4v) is 5.55. The number of aromatic carboxylic acids is 1. The molecule has 1 saturated heterocycles. The summed E-state index contributed by atoms with van der Waals surface area (Å²) in [6.07, 6.45) is 1.79. The summed E-state index contributed by atoms with van der Waals surface area (Å²) in [5, 5.41) is 9.76. The van der Waals surface area contributed by atoms with Crippen LogP contribution >= 0.6 is 43.6 Å². The number of carboxylic acids is 1. The largest absolute Gasteiger partial charge is 0.490 e. The van der Waals surface area contributed by atoms with Gasteiger partial charge in [0, 0.05) is 11.0 Å². The number of amidine groups is 1. The molecule has 3 aromatic carbocycles. The van der Waals surface area contributed by atoms with E-state index in [-0.39, 0.29) is 11.5 Å². The first-order chi connectivity index (χ1) is 18.3. The highest BCUT2D eigenvalue weighted by atomic mass is 79.9. The number of likely N-dealkylation sites (N-methyl/N-ethyl adjacent to an activating group) is 1. The van der Waals surface area contributed by atoms with Gasteiger partial charge in [-0.15, -0.1) is 0 Å². The SMILES string of the molecule is CCOc1cc(/C=C2\SC(=Nc3cccc(C(=O)O)c3)N(CC)C2=O)cc(Br)c1OCc1ccc(Br)cc1. The fourth-order valence-electron chi connectivity index (χ4n) is 3.65. The molecule has 1 fully saturated rings. The molecule has 0 spiro atoms. The smallest absolute Gasteiger partial charge is 0.335 e. The van der Waals surface area contributed by atoms with Crippen molar-refractivity contribution in [1.82, 2.24) is 4.90 Å². The van der Waals surface area contributed by atoms with Gasteiger partial charge in [0.15, 0.2) is 16.7 Å². The molecule has 1 aliphatic rings. The van der Waals surface area contributed by atoms with Crippen LogP contribution in [0, 0.1) is 0 Å². The second-order valence-electron chi connectivity index (χ2n) is 8.09. The normalized spacial score (nSPS) is 15.4. The maximum atomic E-state index is 13.2. The molecule has 196 valence electrons. The number of benzene rings is 3. The van der Waals surface area contributed by atoms with Crippen LogP contribution in [0.4, 0.5) is 5.69 Å². The number of hydrogen-bond acceptors (Lipinski definition) is 6. The molecule has 0 unspecified atom stereocenters. The standard InChI is InChI=1S/C28H24Br2N2O5S/c1-3-32-26(33)24(38-28(32)31-21-7-5-6-19(15-21)27(34)35)14-18-12-22(30)25(23(13-18)36-4-2)37-16-17-8-10-20(29)11-9-17/h5-15H,3-4,16H2,1-2H3,(H,34,35)/b24-14-,31-28?. The predicted octanol–water partition coefficient (Wildman–Crippen LogP) is 7.51. The van der Waals surface area contributed by atoms with Crippen molar-refractivity contribution in [3.63, 3.8) is 0 Å². The molecule has 1 aliphatic heterocycles. The molecule has 0 atom stereocenters. The number of hydrogen-bond donors (Lipinski definition) is 1. The van der Waals surface area contributed by atoms with Gasteiger partial charge < -0.3 is 14.6 Å². The summed E-state index contributed by atoms with van der Waals surface area (Å²) in [6, 6.07) is 17.9. The number of rotatable bonds is 9. The summed E-state index contributed by atoms with van der Waals surface area (Å²) in [6.45, 7) is 5.01. The molecule has 1 amide bonds. The number of nitrogens with zero attached hydrogens (tertiary/aromatic N) is 2. The number of carbonyl (C=O) groups is 2. The Balaban J connectivity index is 1.61. The molecule has 3 aromatic rings. The zero-order valence-corrected chi connectivity index (χ0v) is 24.6. The Hall–Kier alpha value is -3.08. The minimum atomic E-state index is -1.03. The second kappa shape index (κ2) is 12.6. The van der Waals surface area contributed by atoms with Crippen molar-refractivity contribution in [1.29, 1.82) is 0 Å². The fraction of sp³-hybridized carbons (Fsp3) is 0.179. The Kier molecular flexibility index (Phi) is 9.30. The topological polar surface area (TPSA) is 88.4 Å². The molecule has 1 N–H and O–H groups in total. The van der Waals surface area contributed by atoms with Crippen LogP contribution < -0.4 is 9.47 Å². The lowest BCUT2D eigenvalue weighted by Gasteiger charge is -2.15. The first-order valence-corrected chi connectivity index (χ1v) is 14.2. The van der Waals surface area contributed by atoms with Crippen molar-refractivity contribution in [2.45, 2.75) is 20.5 Å². The Morgan fingerprint density at radius 3 is 2.53 bits per heavy atom. The summed E-state index contributed by atoms with van der Waals surface area (Å²) >= 11 is 8.28. The van der Waals surface area contributed by atoms with Gasteiger partial charge in [0.25, 0.3) is 5.91 Å². The lowest BCUT2D eigenvalue weighted by molar-refractivity contribution is -0.122. The molecular weight excluding hydrogens is 636 g/mol. The highest BCUT2D eigenvalue weighted by Gasteiger charge is 2.32. The van der Waals surface area contributed by atoms with E-state index in [0.29, 0.717) is 51.5 Å². The maximum Gasteiger partial charge on any atom is 0.335 e. The molecule has 0 saturated carbocycles. The Morgan fingerprint density at radius 2 is 1.84 bits per heavy atom. The van der Waals surface area contributed by atoms with Crippen LogP contribution in [-0.4, -0.2) is 40.2 Å². The third-order valence-electron chi connectivity index (χ3n) is 5.45. The van der Waals surface area contributed by atoms with E-state index in [1.54, 1.807) is 23.1 Å². The molecule has 7 nitrogen and oxygen atoms in total. The number of thioether (sulfide) groups is 1. The van der Waals surface area contributed by atoms with Crippen molar-refractivity contribution in [2.75, 3.05) is 13.2 Å². The minimum Gasteiger partial charge on any atom is -0.490 e. The monoisotopic (exact) mass is 658 g/mol. The van der Waals surface area contributed by atoms with Gasteiger partial charge in [-0.05, 0) is 101 Å². The van der Waals surface area contributed by atoms with E-state index in [4.69, 9.17) is 9.47 Å². The highest BCUT2D eigenvalue weighted by molar-refractivity contribution is 9.10. The molecule has 0 bridgehead atoms. The molecule has 0 aliphatic carbocycles. The van der Waals surface area contributed by atoms with E-state index in [2.05, 4.69) is 36.9 Å². The predicted molar refractivity (Wildman–Crippen MR) is 157 cm³/mol. The summed E-state index contributed by atoms with van der Waals surface area (Å²) in [5.41, 5.74) is 2.38. The zero-order valence-electron chi connectivity index (χ0n) is 20.6. The lowest BCUT2D eigenvalue weighted by Crippen LogP contribution is -2.28. The van der Waals surface area contributed by atoms with Gasteiger partial charge in [0.2, 0.25) is 0 Å². The van der Waals surface area contributed by atoms with E-state index in [9.17, 15) is 14.7 Å². The number of amides is 1. The van der Waals surface area contributed by atoms with Crippen LogP contribution in [0.5, 0.6) is 11.5 Å². The van der Waals surface area contributed by atoms with Gasteiger partial charge in [-0.3, -0.25) is 9.69 Å². The number of carbonyl (C=O) groups excluding carboxylic acids is 1. The van der Waals surface area contributed by atoms with Gasteiger partial charge in [0.05, 0.1) is 27.2 Å². The van der Waals surface area contributed by atoms with Crippen LogP contribution in [0.25, 0.3) is 6.08 Å². The highest BCUT2D eigenvalue weighted by Crippen LogP contribution is 2.40. The number of carboxylic acid groups (broad SMARTS) is 1. The van der Waals surface area contributed by atoms with Crippen LogP contribution in [-0.2, 0) is 11.4 Å². The van der Waals surface area contributed by atoms with Crippen LogP contribution in [0.1, 0.15) is 35.3 Å². The molecule has 38 heavy (non-hydrogen) atoms. The zero-order chi connectivity index (χ0) is 27.2. The van der Waals surface area contributed by atoms with Crippen LogP contribution in [0.3, 0.4) is 0 Å². The van der Waals surface area contributed by atoms with E-state index >= 15 is 0 Å². The summed E-state index contributed by atoms with van der Waals surface area (Å²) in [7, 11) is 0. The van der Waals surface area contributed by atoms with Crippen molar-refractivity contribution < 1.29 is 24.2 Å². The Bertz CT molecular complexity index is 1420. The number of aliphatic imine (C=N–C) groups is 1. The lowest BCUT2D eigenvalue weighted by atomic mass is 10.1. The molecule has 4 rings (SSSR count). The molecule has 1 heterocycles. The van der Waals surface area contributed by atoms with Crippen LogP contribution in [0.15, 0.2) is 79.5 Å². The molecular formula is C28H24Br2N2O5S. The Morgan fingerprint density at radius 1 is 1.08 bits per heavy atom. The van der Waals surface area contributed by atoms with Gasteiger partial charge in [-0.25, -0.2) is 9.79 Å². The van der Waals surface area contributed by atoms with Gasteiger partial charge in [-0.2, -0.15) is 0 Å². The van der Waals surface area contributed by atoms with Crippen molar-refractivity contribution in [3.05, 3.63) is 91.2 Å². The van der Waals surface area contributed by atoms with Gasteiger partial charge >= 0.3 is 5.97 Å². The average molecular weight is 660 g/mol. The van der Waals surface area contributed by atoms with E-state index in [1.807, 2.05) is 50.2 Å². The summed E-state index contributed by atoms with van der Waals surface area (Å²) in [4.78, 5) is 31.1. The van der Waals surface area contributed by atoms with Crippen molar-refractivity contribution in [3.8, 4) is 11.5 Å². The first-order valence-electron chi connectivity index (χ1n) is 11.8. The van der Waals surface area contributed by atoms with Crippen LogP contribution in [0.2, 0.25) is 0 Å². The molecule has 10 heteroatoms. The van der Waals surface area contributed by atoms with Gasteiger partial charge in [-0.1, -0.05) is 34.1 Å². The second-order valence-corrected chi connectivity index (χ2v) is 10.9. The van der Waals surface area contributed by atoms with E-state index in [1.165, 1.54) is 23.9 Å². The average Bonchev–Trinajstić information content (AvgIpc) is 3.18. The first kappa shape index (κ1) is 27.9. The van der Waals surface area contributed by atoms with E-state index < -0.39 is 5.97 Å². The third kappa shape index (κ3) is 6.67. The maximum absolute atomic E-state index is 13.2. The Labute approximate surface area is 241 Å². The summed E-state index contributed by atoms with van der Waals surface area (Å²) in [5.74, 6) is -0.0588. The van der Waals surface area contributed by atoms with Crippen molar-refractivity contribution >= 4 is 72.4 Å². The van der Waals surface area contributed by atoms with Crippen molar-refractivity contribution in [2.24, 2.45) is 4.99 Å². The molecule has 0 aromatic heterocycles. The van der Waals surface area contributed by atoms with Gasteiger partial charge in [0.1, 0.15) is 6.61 Å². The quantitative estimate of drug-likeness (QED) is 0.239.